The van der Waals surface area contributed by atoms with Crippen LogP contribution in [0.2, 0.25) is 0 Å². The van der Waals surface area contributed by atoms with Crippen molar-refractivity contribution in [2.24, 2.45) is 0 Å². The zero-order valence-corrected chi connectivity index (χ0v) is 12.7. The third-order valence-corrected chi connectivity index (χ3v) is 3.73. The van der Waals surface area contributed by atoms with Crippen LogP contribution >= 0.6 is 0 Å². The lowest BCUT2D eigenvalue weighted by Gasteiger charge is -2.38. The quantitative estimate of drug-likeness (QED) is 0.899. The summed E-state index contributed by atoms with van der Waals surface area (Å²) in [5.74, 6) is 0. The van der Waals surface area contributed by atoms with Gasteiger partial charge in [0.1, 0.15) is 0 Å². The second-order valence-electron chi connectivity index (χ2n) is 5.96. The lowest BCUT2D eigenvalue weighted by atomic mass is 10.2. The van der Waals surface area contributed by atoms with Gasteiger partial charge in [-0.2, -0.15) is 0 Å². The van der Waals surface area contributed by atoms with Crippen LogP contribution in [0, 0.1) is 0 Å². The number of nitrogens with one attached hydrogen (secondary N) is 1. The van der Waals surface area contributed by atoms with Crippen molar-refractivity contribution in [2.75, 3.05) is 36.4 Å². The predicted octanol–water partition coefficient (Wildman–Crippen LogP) is 3.04. The van der Waals surface area contributed by atoms with Gasteiger partial charge < -0.3 is 10.2 Å². The molecule has 1 heterocycles. The number of piperazine rings is 1. The first-order valence-corrected chi connectivity index (χ1v) is 7.42. The fourth-order valence-corrected chi connectivity index (χ4v) is 2.60. The summed E-state index contributed by atoms with van der Waals surface area (Å²) in [6.07, 6.45) is 0. The van der Waals surface area contributed by atoms with E-state index in [9.17, 15) is 0 Å². The molecule has 0 aliphatic carbocycles. The van der Waals surface area contributed by atoms with Gasteiger partial charge in [0, 0.05) is 49.6 Å². The Labute approximate surface area is 117 Å². The maximum Gasteiger partial charge on any atom is 0.0368 e. The average molecular weight is 261 g/mol. The largest absolute Gasteiger partial charge is 0.383 e. The van der Waals surface area contributed by atoms with Gasteiger partial charge in [0.25, 0.3) is 0 Å². The predicted molar refractivity (Wildman–Crippen MR) is 84.1 cm³/mol. The fraction of sp³-hybridized carbons (Fsp3) is 0.625. The minimum Gasteiger partial charge on any atom is -0.383 e. The summed E-state index contributed by atoms with van der Waals surface area (Å²) in [6, 6.07) is 9.99. The minimum absolute atomic E-state index is 0.487. The molecule has 19 heavy (non-hydrogen) atoms. The first-order chi connectivity index (χ1) is 9.06. The van der Waals surface area contributed by atoms with Crippen molar-refractivity contribution < 1.29 is 0 Å². The Morgan fingerprint density at radius 1 is 0.895 bits per heavy atom. The summed E-state index contributed by atoms with van der Waals surface area (Å²) >= 11 is 0. The molecule has 2 rings (SSSR count). The molecular formula is C16H27N3. The highest BCUT2D eigenvalue weighted by molar-refractivity contribution is 5.55. The highest BCUT2D eigenvalue weighted by atomic mass is 15.3. The molecule has 0 radical (unpaired) electrons. The summed E-state index contributed by atoms with van der Waals surface area (Å²) < 4.78 is 0. The summed E-state index contributed by atoms with van der Waals surface area (Å²) in [4.78, 5) is 5.03. The first kappa shape index (κ1) is 14.2. The Bertz CT molecular complexity index is 375. The molecule has 1 aliphatic rings. The molecule has 0 saturated carbocycles. The standard InChI is InChI=1S/C16H27N3/c1-13(2)17-15-5-7-16(8-6-15)19-11-9-18(10-12-19)14(3)4/h5-8,13-14,17H,9-12H2,1-4H3. The van der Waals surface area contributed by atoms with Crippen molar-refractivity contribution >= 4 is 11.4 Å². The molecule has 1 fully saturated rings. The van der Waals surface area contributed by atoms with E-state index in [0.29, 0.717) is 12.1 Å². The molecule has 0 unspecified atom stereocenters. The SMILES string of the molecule is CC(C)Nc1ccc(N2CCN(C(C)C)CC2)cc1. The molecule has 1 aliphatic heterocycles. The third-order valence-electron chi connectivity index (χ3n) is 3.73. The van der Waals surface area contributed by atoms with Gasteiger partial charge in [-0.05, 0) is 52.0 Å². The van der Waals surface area contributed by atoms with Crippen LogP contribution in [0.25, 0.3) is 0 Å². The zero-order valence-electron chi connectivity index (χ0n) is 12.7. The normalized spacial score (nSPS) is 17.3. The number of nitrogens with zero attached hydrogens (tertiary/aromatic N) is 2. The average Bonchev–Trinajstić information content (AvgIpc) is 2.39. The van der Waals surface area contributed by atoms with E-state index in [4.69, 9.17) is 0 Å². The molecule has 106 valence electrons. The van der Waals surface area contributed by atoms with E-state index in [-0.39, 0.29) is 0 Å². The topological polar surface area (TPSA) is 18.5 Å². The number of hydrogen-bond acceptors (Lipinski definition) is 3. The summed E-state index contributed by atoms with van der Waals surface area (Å²) in [5, 5.41) is 3.43. The lowest BCUT2D eigenvalue weighted by molar-refractivity contribution is 0.209. The lowest BCUT2D eigenvalue weighted by Crippen LogP contribution is -2.48. The van der Waals surface area contributed by atoms with Gasteiger partial charge in [0.2, 0.25) is 0 Å². The van der Waals surface area contributed by atoms with E-state index in [0.717, 1.165) is 13.1 Å². The Hall–Kier alpha value is -1.22. The van der Waals surface area contributed by atoms with Crippen LogP contribution in [0.4, 0.5) is 11.4 Å². The van der Waals surface area contributed by atoms with E-state index >= 15 is 0 Å². The van der Waals surface area contributed by atoms with E-state index in [1.165, 1.54) is 24.5 Å². The monoisotopic (exact) mass is 261 g/mol. The highest BCUT2D eigenvalue weighted by Crippen LogP contribution is 2.20. The van der Waals surface area contributed by atoms with Gasteiger partial charge >= 0.3 is 0 Å². The molecule has 0 atom stereocenters. The van der Waals surface area contributed by atoms with E-state index in [1.807, 2.05) is 0 Å². The van der Waals surface area contributed by atoms with Crippen molar-refractivity contribution in [3.63, 3.8) is 0 Å². The van der Waals surface area contributed by atoms with Crippen molar-refractivity contribution in [2.45, 2.75) is 39.8 Å². The third kappa shape index (κ3) is 3.87. The minimum atomic E-state index is 0.487. The Balaban J connectivity index is 1.92. The molecule has 1 N–H and O–H groups in total. The molecule has 0 aromatic heterocycles. The van der Waals surface area contributed by atoms with Gasteiger partial charge in [0.15, 0.2) is 0 Å². The van der Waals surface area contributed by atoms with Gasteiger partial charge in [0.05, 0.1) is 0 Å². The van der Waals surface area contributed by atoms with Crippen molar-refractivity contribution in [1.82, 2.24) is 4.90 Å². The second-order valence-corrected chi connectivity index (χ2v) is 5.96. The fourth-order valence-electron chi connectivity index (χ4n) is 2.60. The maximum absolute atomic E-state index is 3.43. The van der Waals surface area contributed by atoms with Crippen molar-refractivity contribution in [1.29, 1.82) is 0 Å². The first-order valence-electron chi connectivity index (χ1n) is 7.42. The number of anilines is 2. The Morgan fingerprint density at radius 2 is 1.47 bits per heavy atom. The molecule has 0 amide bonds. The van der Waals surface area contributed by atoms with E-state index in [2.05, 4.69) is 67.1 Å². The molecule has 0 spiro atoms. The van der Waals surface area contributed by atoms with Crippen LogP contribution in [-0.4, -0.2) is 43.2 Å². The molecular weight excluding hydrogens is 234 g/mol. The van der Waals surface area contributed by atoms with Gasteiger partial charge in [-0.15, -0.1) is 0 Å². The smallest absolute Gasteiger partial charge is 0.0368 e. The summed E-state index contributed by atoms with van der Waals surface area (Å²) in [5.41, 5.74) is 2.55. The maximum atomic E-state index is 3.43. The van der Waals surface area contributed by atoms with Crippen molar-refractivity contribution in [3.8, 4) is 0 Å². The number of rotatable bonds is 4. The van der Waals surface area contributed by atoms with Crippen LogP contribution in [-0.2, 0) is 0 Å². The zero-order chi connectivity index (χ0) is 13.8. The van der Waals surface area contributed by atoms with Crippen LogP contribution in [0.5, 0.6) is 0 Å². The highest BCUT2D eigenvalue weighted by Gasteiger charge is 2.18. The van der Waals surface area contributed by atoms with E-state index < -0.39 is 0 Å². The number of hydrogen-bond donors (Lipinski definition) is 1. The second kappa shape index (κ2) is 6.29. The van der Waals surface area contributed by atoms with Gasteiger partial charge in [-0.25, -0.2) is 0 Å². The molecule has 1 aromatic carbocycles. The molecule has 1 aromatic rings. The van der Waals surface area contributed by atoms with Gasteiger partial charge in [-0.3, -0.25) is 4.90 Å². The van der Waals surface area contributed by atoms with Crippen LogP contribution in [0.3, 0.4) is 0 Å². The summed E-state index contributed by atoms with van der Waals surface area (Å²) in [7, 11) is 0. The van der Waals surface area contributed by atoms with Crippen LogP contribution < -0.4 is 10.2 Å². The Morgan fingerprint density at radius 3 is 1.95 bits per heavy atom. The van der Waals surface area contributed by atoms with E-state index in [1.54, 1.807) is 0 Å². The molecule has 3 nitrogen and oxygen atoms in total. The molecule has 3 heteroatoms. The van der Waals surface area contributed by atoms with Gasteiger partial charge in [-0.1, -0.05) is 0 Å². The summed E-state index contributed by atoms with van der Waals surface area (Å²) in [6.45, 7) is 13.5. The van der Waals surface area contributed by atoms with Crippen molar-refractivity contribution in [3.05, 3.63) is 24.3 Å². The van der Waals surface area contributed by atoms with Crippen LogP contribution in [0.1, 0.15) is 27.7 Å². The number of benzene rings is 1. The van der Waals surface area contributed by atoms with Crippen LogP contribution in [0.15, 0.2) is 24.3 Å². The Kier molecular flexibility index (Phi) is 4.70. The molecule has 0 bridgehead atoms. The molecule has 1 saturated heterocycles.